The Morgan fingerprint density at radius 3 is 2.55 bits per heavy atom. The number of aromatic nitrogens is 2. The van der Waals surface area contributed by atoms with Gasteiger partial charge in [-0.2, -0.15) is 4.98 Å². The van der Waals surface area contributed by atoms with Gasteiger partial charge in [-0.25, -0.2) is 13.4 Å². The first-order chi connectivity index (χ1) is 17.2. The van der Waals surface area contributed by atoms with Gasteiger partial charge in [-0.1, -0.05) is 23.7 Å². The number of nitrogens with one attached hydrogen (secondary N) is 3. The van der Waals surface area contributed by atoms with Crippen LogP contribution in [0.5, 0.6) is 5.75 Å². The predicted octanol–water partition coefficient (Wildman–Crippen LogP) is 5.45. The van der Waals surface area contributed by atoms with Gasteiger partial charge in [-0.15, -0.1) is 24.8 Å². The van der Waals surface area contributed by atoms with Crippen molar-refractivity contribution < 1.29 is 13.2 Å². The molecule has 4 rings (SSSR count). The molecular weight excluding hydrogens is 571 g/mol. The van der Waals surface area contributed by atoms with Crippen LogP contribution in [0.3, 0.4) is 0 Å². The number of ether oxygens (including phenoxy) is 1. The third-order valence-electron chi connectivity index (χ3n) is 6.08. The summed E-state index contributed by atoms with van der Waals surface area (Å²) >= 11 is 6.36. The molecule has 208 valence electrons. The standard InChI is InChI=1S/C25H31ClN6O3S.2ClH/c1-16(2)36(33,34)23-8-6-5-7-21(23)29-24-19(26)15-28-25(31-24)30-20-10-9-18(13-22(20)35-4)32-12-11-27-14-17(32)3;;/h5-10,13,15-17,27H,11-12,14H2,1-4H3,(H2,28,29,30,31);2*1H/t17-;;/m1../s1. The molecule has 0 radical (unpaired) electrons. The third-order valence-corrected chi connectivity index (χ3v) is 8.56. The van der Waals surface area contributed by atoms with Crippen LogP contribution < -0.4 is 25.6 Å². The van der Waals surface area contributed by atoms with E-state index in [0.29, 0.717) is 23.2 Å². The minimum Gasteiger partial charge on any atom is -0.494 e. The Hall–Kier alpha value is -2.50. The maximum atomic E-state index is 12.8. The van der Waals surface area contributed by atoms with E-state index in [1.807, 2.05) is 18.2 Å². The summed E-state index contributed by atoms with van der Waals surface area (Å²) in [5, 5.41) is 9.34. The number of para-hydroxylation sites is 1. The molecule has 38 heavy (non-hydrogen) atoms. The number of sulfone groups is 1. The van der Waals surface area contributed by atoms with Crippen LogP contribution in [-0.4, -0.2) is 56.4 Å². The van der Waals surface area contributed by atoms with E-state index in [0.717, 1.165) is 25.3 Å². The van der Waals surface area contributed by atoms with E-state index in [9.17, 15) is 8.42 Å². The number of hydrogen-bond donors (Lipinski definition) is 3. The molecule has 2 heterocycles. The topological polar surface area (TPSA) is 108 Å². The maximum absolute atomic E-state index is 12.8. The fourth-order valence-electron chi connectivity index (χ4n) is 4.02. The number of rotatable bonds is 8. The number of halogens is 3. The van der Waals surface area contributed by atoms with Crippen LogP contribution in [0.4, 0.5) is 28.8 Å². The Morgan fingerprint density at radius 2 is 1.87 bits per heavy atom. The number of benzene rings is 2. The van der Waals surface area contributed by atoms with Crippen molar-refractivity contribution in [3.8, 4) is 5.75 Å². The molecule has 0 bridgehead atoms. The fourth-order valence-corrected chi connectivity index (χ4v) is 5.36. The molecule has 1 atom stereocenters. The summed E-state index contributed by atoms with van der Waals surface area (Å²) in [6.45, 7) is 8.26. The molecule has 1 fully saturated rings. The van der Waals surface area contributed by atoms with E-state index in [4.69, 9.17) is 16.3 Å². The molecule has 1 saturated heterocycles. The summed E-state index contributed by atoms with van der Waals surface area (Å²) in [5.41, 5.74) is 2.17. The van der Waals surface area contributed by atoms with Gasteiger partial charge in [0, 0.05) is 37.4 Å². The molecule has 0 saturated carbocycles. The SMILES string of the molecule is COc1cc(N2CCNC[C@H]2C)ccc1Nc1ncc(Cl)c(Nc2ccccc2S(=O)(=O)C(C)C)n1.Cl.Cl. The number of hydrogen-bond acceptors (Lipinski definition) is 9. The monoisotopic (exact) mass is 602 g/mol. The van der Waals surface area contributed by atoms with Crippen molar-refractivity contribution in [3.63, 3.8) is 0 Å². The summed E-state index contributed by atoms with van der Waals surface area (Å²) in [6, 6.07) is 13.0. The van der Waals surface area contributed by atoms with Gasteiger partial charge in [0.15, 0.2) is 15.7 Å². The van der Waals surface area contributed by atoms with E-state index < -0.39 is 15.1 Å². The van der Waals surface area contributed by atoms with Crippen LogP contribution >= 0.6 is 36.4 Å². The van der Waals surface area contributed by atoms with Crippen molar-refractivity contribution >= 4 is 75.1 Å². The molecule has 3 N–H and O–H groups in total. The minimum absolute atomic E-state index is 0. The average molecular weight is 604 g/mol. The van der Waals surface area contributed by atoms with Crippen LogP contribution in [0.1, 0.15) is 20.8 Å². The second-order valence-corrected chi connectivity index (χ2v) is 11.7. The van der Waals surface area contributed by atoms with E-state index in [-0.39, 0.29) is 46.5 Å². The molecule has 0 spiro atoms. The molecule has 9 nitrogen and oxygen atoms in total. The van der Waals surface area contributed by atoms with Crippen molar-refractivity contribution in [1.29, 1.82) is 0 Å². The Morgan fingerprint density at radius 1 is 1.13 bits per heavy atom. The highest BCUT2D eigenvalue weighted by Gasteiger charge is 2.23. The van der Waals surface area contributed by atoms with Gasteiger partial charge in [-0.05, 0) is 45.0 Å². The highest BCUT2D eigenvalue weighted by atomic mass is 35.5. The van der Waals surface area contributed by atoms with Crippen LogP contribution in [0.2, 0.25) is 5.02 Å². The second kappa shape index (κ2) is 13.5. The number of methoxy groups -OCH3 is 1. The summed E-state index contributed by atoms with van der Waals surface area (Å²) in [7, 11) is -1.90. The van der Waals surface area contributed by atoms with E-state index >= 15 is 0 Å². The first-order valence-corrected chi connectivity index (χ1v) is 13.7. The highest BCUT2D eigenvalue weighted by Crippen LogP contribution is 2.34. The molecule has 0 amide bonds. The van der Waals surface area contributed by atoms with Crippen molar-refractivity contribution in [3.05, 3.63) is 53.7 Å². The molecule has 1 aromatic heterocycles. The molecule has 3 aromatic rings. The van der Waals surface area contributed by atoms with E-state index in [1.165, 1.54) is 6.20 Å². The van der Waals surface area contributed by atoms with Crippen LogP contribution in [0.15, 0.2) is 53.6 Å². The van der Waals surface area contributed by atoms with Gasteiger partial charge in [0.25, 0.3) is 0 Å². The molecule has 0 unspecified atom stereocenters. The number of nitrogens with zero attached hydrogens (tertiary/aromatic N) is 3. The first kappa shape index (κ1) is 31.7. The van der Waals surface area contributed by atoms with E-state index in [2.05, 4.69) is 37.7 Å². The minimum atomic E-state index is -3.51. The predicted molar refractivity (Wildman–Crippen MR) is 160 cm³/mol. The fraction of sp³-hybridized carbons (Fsp3) is 0.360. The largest absolute Gasteiger partial charge is 0.494 e. The molecule has 1 aliphatic heterocycles. The smallest absolute Gasteiger partial charge is 0.229 e. The molecule has 13 heteroatoms. The highest BCUT2D eigenvalue weighted by molar-refractivity contribution is 7.92. The van der Waals surface area contributed by atoms with Crippen LogP contribution in [0, 0.1) is 0 Å². The molecule has 2 aromatic carbocycles. The van der Waals surface area contributed by atoms with Crippen LogP contribution in [0.25, 0.3) is 0 Å². The lowest BCUT2D eigenvalue weighted by Crippen LogP contribution is -2.49. The quantitative estimate of drug-likeness (QED) is 0.310. The maximum Gasteiger partial charge on any atom is 0.229 e. The van der Waals surface area contributed by atoms with Crippen molar-refractivity contribution in [2.24, 2.45) is 0 Å². The summed E-state index contributed by atoms with van der Waals surface area (Å²) in [6.07, 6.45) is 1.46. The molecule has 1 aliphatic rings. The Labute approximate surface area is 241 Å². The van der Waals surface area contributed by atoms with Gasteiger partial charge in [-0.3, -0.25) is 0 Å². The summed E-state index contributed by atoms with van der Waals surface area (Å²) in [5.74, 6) is 1.22. The van der Waals surface area contributed by atoms with Gasteiger partial charge < -0.3 is 25.6 Å². The van der Waals surface area contributed by atoms with Crippen LogP contribution in [-0.2, 0) is 9.84 Å². The van der Waals surface area contributed by atoms with Gasteiger partial charge in [0.2, 0.25) is 5.95 Å². The van der Waals surface area contributed by atoms with Gasteiger partial charge in [0.05, 0.1) is 34.8 Å². The molecule has 0 aliphatic carbocycles. The van der Waals surface area contributed by atoms with Crippen molar-refractivity contribution in [2.45, 2.75) is 37.0 Å². The van der Waals surface area contributed by atoms with Crippen molar-refractivity contribution in [2.75, 3.05) is 42.3 Å². The number of piperazine rings is 1. The first-order valence-electron chi connectivity index (χ1n) is 11.8. The Bertz CT molecular complexity index is 1340. The molecular formula is C25H33Cl3N6O3S. The third kappa shape index (κ3) is 6.92. The summed E-state index contributed by atoms with van der Waals surface area (Å²) in [4.78, 5) is 11.3. The Kier molecular flexibility index (Phi) is 11.3. The zero-order valence-corrected chi connectivity index (χ0v) is 24.8. The lowest BCUT2D eigenvalue weighted by molar-refractivity contribution is 0.416. The average Bonchev–Trinajstić information content (AvgIpc) is 2.87. The Balaban J connectivity index is 0.00000253. The number of anilines is 5. The zero-order valence-electron chi connectivity index (χ0n) is 21.6. The normalized spacial score (nSPS) is 15.3. The van der Waals surface area contributed by atoms with Crippen molar-refractivity contribution in [1.82, 2.24) is 15.3 Å². The van der Waals surface area contributed by atoms with Gasteiger partial charge in [0.1, 0.15) is 10.8 Å². The lowest BCUT2D eigenvalue weighted by Gasteiger charge is -2.36. The summed E-state index contributed by atoms with van der Waals surface area (Å²) < 4.78 is 31.3. The lowest BCUT2D eigenvalue weighted by atomic mass is 10.1. The zero-order chi connectivity index (χ0) is 25.9. The van der Waals surface area contributed by atoms with E-state index in [1.54, 1.807) is 45.2 Å². The second-order valence-electron chi connectivity index (χ2n) is 8.86. The van der Waals surface area contributed by atoms with Gasteiger partial charge >= 0.3 is 0 Å².